The van der Waals surface area contributed by atoms with Crippen LogP contribution in [0.4, 0.5) is 0 Å². The van der Waals surface area contributed by atoms with Crippen LogP contribution >= 0.6 is 22.6 Å². The number of aliphatic hydroxyl groups excluding tert-OH is 2. The summed E-state index contributed by atoms with van der Waals surface area (Å²) in [4.78, 5) is 39.4. The van der Waals surface area contributed by atoms with Crippen LogP contribution in [0.1, 0.15) is 56.3 Å². The minimum absolute atomic E-state index is 0.0124. The van der Waals surface area contributed by atoms with Crippen molar-refractivity contribution in [3.63, 3.8) is 0 Å². The van der Waals surface area contributed by atoms with Crippen LogP contribution in [-0.2, 0) is 9.59 Å². The Balaban J connectivity index is 2.03. The Morgan fingerprint density at radius 1 is 1.28 bits per heavy atom. The highest BCUT2D eigenvalue weighted by molar-refractivity contribution is 14.1. The molecule has 0 spiro atoms. The number of ether oxygens (including phenoxy) is 2. The Bertz CT molecular complexity index is 991. The van der Waals surface area contributed by atoms with E-state index in [9.17, 15) is 19.5 Å². The molecule has 2 aliphatic rings. The average molecular weight is 614 g/mol. The topological polar surface area (TPSA) is 125 Å². The third-order valence-electron chi connectivity index (χ3n) is 6.68. The second kappa shape index (κ2) is 12.9. The Labute approximate surface area is 225 Å². The van der Waals surface area contributed by atoms with Crippen molar-refractivity contribution in [2.75, 3.05) is 20.3 Å². The molecular formula is C26H35IN2O7. The number of aliphatic hydroxyl groups is 2. The first-order valence-electron chi connectivity index (χ1n) is 12.3. The molecule has 1 fully saturated rings. The number of halogens is 1. The first-order chi connectivity index (χ1) is 17.2. The maximum Gasteiger partial charge on any atom is 0.247 e. The summed E-state index contributed by atoms with van der Waals surface area (Å²) in [6.07, 6.45) is 4.11. The largest absolute Gasteiger partial charge is 0.493 e. The van der Waals surface area contributed by atoms with Gasteiger partial charge in [0.15, 0.2) is 11.5 Å². The summed E-state index contributed by atoms with van der Waals surface area (Å²) < 4.78 is 12.3. The molecule has 0 radical (unpaired) electrons. The SMILES string of the molecule is COc1cc(C=O)cc(I)c1O[C@H]1C=C(C(=O)NCCO)C[C@@H](N(C(=O)C(C)C)C2CCCC2)[C@@H]1O. The van der Waals surface area contributed by atoms with Crippen molar-refractivity contribution in [3.8, 4) is 11.5 Å². The summed E-state index contributed by atoms with van der Waals surface area (Å²) in [5, 5.41) is 23.4. The van der Waals surface area contributed by atoms with Crippen molar-refractivity contribution in [2.24, 2.45) is 5.92 Å². The van der Waals surface area contributed by atoms with Gasteiger partial charge in [0.2, 0.25) is 11.8 Å². The standard InChI is InChI=1S/C26H35IN2O7/c1-15(2)26(34)29(18-6-4-5-7-18)20-12-17(25(33)28-8-9-30)13-21(23(20)32)36-24-19(27)10-16(14-31)11-22(24)35-3/h10-11,13-15,18,20-21,23,30,32H,4-9,12H2,1-3H3,(H,28,33)/t20-,21+,23+/m1/s1. The summed E-state index contributed by atoms with van der Waals surface area (Å²) in [5.41, 5.74) is 0.794. The predicted octanol–water partition coefficient (Wildman–Crippen LogP) is 2.46. The van der Waals surface area contributed by atoms with Gasteiger partial charge in [-0.2, -0.15) is 0 Å². The molecular weight excluding hydrogens is 579 g/mol. The molecule has 0 heterocycles. The van der Waals surface area contributed by atoms with E-state index in [1.54, 1.807) is 23.1 Å². The predicted molar refractivity (Wildman–Crippen MR) is 142 cm³/mol. The van der Waals surface area contributed by atoms with Crippen LogP contribution in [0.5, 0.6) is 11.5 Å². The van der Waals surface area contributed by atoms with E-state index in [4.69, 9.17) is 14.6 Å². The van der Waals surface area contributed by atoms with Crippen molar-refractivity contribution in [2.45, 2.75) is 70.2 Å². The summed E-state index contributed by atoms with van der Waals surface area (Å²) in [5.74, 6) is -0.0574. The summed E-state index contributed by atoms with van der Waals surface area (Å²) in [7, 11) is 1.46. The second-order valence-corrected chi connectivity index (χ2v) is 10.7. The number of benzene rings is 1. The maximum atomic E-state index is 13.4. The number of methoxy groups -OCH3 is 1. The van der Waals surface area contributed by atoms with Gasteiger partial charge in [0.25, 0.3) is 0 Å². The molecule has 3 rings (SSSR count). The molecule has 0 saturated heterocycles. The molecule has 0 aromatic heterocycles. The highest BCUT2D eigenvalue weighted by Crippen LogP contribution is 2.38. The Hall–Kier alpha value is -2.18. The minimum atomic E-state index is -1.10. The number of hydrogen-bond donors (Lipinski definition) is 3. The van der Waals surface area contributed by atoms with Crippen LogP contribution in [0.25, 0.3) is 0 Å². The van der Waals surface area contributed by atoms with Crippen molar-refractivity contribution in [3.05, 3.63) is 32.9 Å². The molecule has 1 saturated carbocycles. The molecule has 0 unspecified atom stereocenters. The molecule has 3 atom stereocenters. The number of nitrogens with one attached hydrogen (secondary N) is 1. The number of amides is 2. The molecule has 2 aliphatic carbocycles. The quantitative estimate of drug-likeness (QED) is 0.273. The van der Waals surface area contributed by atoms with Crippen molar-refractivity contribution in [1.29, 1.82) is 0 Å². The van der Waals surface area contributed by atoms with E-state index in [2.05, 4.69) is 5.32 Å². The second-order valence-electron chi connectivity index (χ2n) is 9.51. The van der Waals surface area contributed by atoms with Gasteiger partial charge in [0.05, 0.1) is 23.3 Å². The van der Waals surface area contributed by atoms with Crippen LogP contribution in [0, 0.1) is 9.49 Å². The molecule has 198 valence electrons. The monoisotopic (exact) mass is 614 g/mol. The van der Waals surface area contributed by atoms with E-state index in [1.807, 2.05) is 36.4 Å². The summed E-state index contributed by atoms with van der Waals surface area (Å²) in [6, 6.07) is 2.51. The van der Waals surface area contributed by atoms with Crippen LogP contribution in [-0.4, -0.2) is 77.8 Å². The third kappa shape index (κ3) is 6.38. The van der Waals surface area contributed by atoms with E-state index in [0.717, 1.165) is 25.7 Å². The van der Waals surface area contributed by atoms with Gasteiger partial charge in [-0.15, -0.1) is 0 Å². The normalized spacial score (nSPS) is 22.2. The van der Waals surface area contributed by atoms with Crippen LogP contribution < -0.4 is 14.8 Å². The van der Waals surface area contributed by atoms with Gasteiger partial charge < -0.3 is 29.9 Å². The fraction of sp³-hybridized carbons (Fsp3) is 0.577. The smallest absolute Gasteiger partial charge is 0.247 e. The fourth-order valence-corrected chi connectivity index (χ4v) is 5.65. The molecule has 9 nitrogen and oxygen atoms in total. The van der Waals surface area contributed by atoms with E-state index in [0.29, 0.717) is 32.5 Å². The van der Waals surface area contributed by atoms with Gasteiger partial charge in [0, 0.05) is 36.1 Å². The Morgan fingerprint density at radius 3 is 2.56 bits per heavy atom. The molecule has 3 N–H and O–H groups in total. The highest BCUT2D eigenvalue weighted by Gasteiger charge is 2.44. The van der Waals surface area contributed by atoms with Gasteiger partial charge in [0.1, 0.15) is 18.5 Å². The van der Waals surface area contributed by atoms with E-state index >= 15 is 0 Å². The molecule has 0 aliphatic heterocycles. The third-order valence-corrected chi connectivity index (χ3v) is 7.48. The lowest BCUT2D eigenvalue weighted by Gasteiger charge is -2.44. The maximum absolute atomic E-state index is 13.4. The van der Waals surface area contributed by atoms with Gasteiger partial charge >= 0.3 is 0 Å². The minimum Gasteiger partial charge on any atom is -0.493 e. The van der Waals surface area contributed by atoms with Crippen LogP contribution in [0.3, 0.4) is 0 Å². The number of carbonyl (C=O) groups is 3. The van der Waals surface area contributed by atoms with E-state index in [1.165, 1.54) is 7.11 Å². The summed E-state index contributed by atoms with van der Waals surface area (Å²) in [6.45, 7) is 3.55. The lowest BCUT2D eigenvalue weighted by atomic mass is 9.86. The lowest BCUT2D eigenvalue weighted by Crippen LogP contribution is -2.58. The first-order valence-corrected chi connectivity index (χ1v) is 13.4. The lowest BCUT2D eigenvalue weighted by molar-refractivity contribution is -0.145. The molecule has 1 aromatic rings. The van der Waals surface area contributed by atoms with E-state index in [-0.39, 0.29) is 43.3 Å². The fourth-order valence-electron chi connectivity index (χ4n) is 4.90. The molecule has 10 heteroatoms. The summed E-state index contributed by atoms with van der Waals surface area (Å²) >= 11 is 2.03. The van der Waals surface area contributed by atoms with Crippen molar-refractivity contribution >= 4 is 40.7 Å². The first kappa shape index (κ1) is 28.4. The van der Waals surface area contributed by atoms with Gasteiger partial charge in [-0.3, -0.25) is 14.4 Å². The van der Waals surface area contributed by atoms with Gasteiger partial charge in [-0.1, -0.05) is 26.7 Å². The zero-order valence-electron chi connectivity index (χ0n) is 20.9. The molecule has 36 heavy (non-hydrogen) atoms. The Kier molecular flexibility index (Phi) is 10.1. The number of aldehydes is 1. The zero-order valence-corrected chi connectivity index (χ0v) is 23.1. The number of nitrogens with zero attached hydrogens (tertiary/aromatic N) is 1. The number of rotatable bonds is 10. The molecule has 0 bridgehead atoms. The number of carbonyl (C=O) groups excluding carboxylic acids is 3. The van der Waals surface area contributed by atoms with Gasteiger partial charge in [-0.05, 0) is 53.6 Å². The zero-order chi connectivity index (χ0) is 26.4. The van der Waals surface area contributed by atoms with Crippen LogP contribution in [0.15, 0.2) is 23.8 Å². The Morgan fingerprint density at radius 2 is 1.97 bits per heavy atom. The molecule has 2 amide bonds. The van der Waals surface area contributed by atoms with E-state index < -0.39 is 18.2 Å². The van der Waals surface area contributed by atoms with Crippen molar-refractivity contribution < 1.29 is 34.1 Å². The average Bonchev–Trinajstić information content (AvgIpc) is 3.39. The number of hydrogen-bond acceptors (Lipinski definition) is 7. The molecule has 1 aromatic carbocycles. The van der Waals surface area contributed by atoms with Crippen molar-refractivity contribution in [1.82, 2.24) is 10.2 Å². The highest BCUT2D eigenvalue weighted by atomic mass is 127. The van der Waals surface area contributed by atoms with Gasteiger partial charge in [-0.25, -0.2) is 0 Å². The van der Waals surface area contributed by atoms with Crippen LogP contribution in [0.2, 0.25) is 0 Å².